The summed E-state index contributed by atoms with van der Waals surface area (Å²) in [5.41, 5.74) is 2.44. The minimum atomic E-state index is -0.116. The summed E-state index contributed by atoms with van der Waals surface area (Å²) in [6.45, 7) is 4.35. The molecule has 2 aromatic heterocycles. The molecule has 0 spiro atoms. The Bertz CT molecular complexity index is 890. The van der Waals surface area contributed by atoms with Crippen molar-refractivity contribution in [2.45, 2.75) is 39.0 Å². The molecule has 6 nitrogen and oxygen atoms in total. The van der Waals surface area contributed by atoms with Crippen LogP contribution in [-0.4, -0.2) is 33.0 Å². The van der Waals surface area contributed by atoms with Gasteiger partial charge < -0.3 is 14.6 Å². The number of benzene rings is 1. The number of nitrogens with zero attached hydrogens (tertiary/aromatic N) is 3. The number of rotatable bonds is 5. The normalized spacial score (nSPS) is 17.2. The second kappa shape index (κ2) is 6.72. The Morgan fingerprint density at radius 1 is 1.40 bits per heavy atom. The van der Waals surface area contributed by atoms with Crippen LogP contribution in [0.3, 0.4) is 0 Å². The number of anilines is 1. The van der Waals surface area contributed by atoms with Crippen molar-refractivity contribution >= 4 is 22.5 Å². The predicted octanol–water partition coefficient (Wildman–Crippen LogP) is 3.29. The molecule has 1 aliphatic heterocycles. The van der Waals surface area contributed by atoms with Crippen LogP contribution in [0.5, 0.6) is 0 Å². The van der Waals surface area contributed by atoms with Crippen LogP contribution in [0.2, 0.25) is 0 Å². The molecule has 130 valence electrons. The highest BCUT2D eigenvalue weighted by Gasteiger charge is 2.18. The lowest BCUT2D eigenvalue weighted by molar-refractivity contribution is 0.0940. The largest absolute Gasteiger partial charge is 0.376 e. The predicted molar refractivity (Wildman–Crippen MR) is 96.8 cm³/mol. The molecule has 0 radical (unpaired) electrons. The highest BCUT2D eigenvalue weighted by atomic mass is 16.5. The summed E-state index contributed by atoms with van der Waals surface area (Å²) in [6, 6.07) is 9.97. The molecule has 1 amide bonds. The van der Waals surface area contributed by atoms with E-state index in [-0.39, 0.29) is 12.0 Å². The van der Waals surface area contributed by atoms with Gasteiger partial charge in [-0.25, -0.2) is 0 Å². The first-order valence-corrected chi connectivity index (χ1v) is 8.78. The van der Waals surface area contributed by atoms with E-state index < -0.39 is 0 Å². The Balaban J connectivity index is 1.51. The molecule has 4 rings (SSSR count). The van der Waals surface area contributed by atoms with Gasteiger partial charge in [0.2, 0.25) is 0 Å². The van der Waals surface area contributed by atoms with Crippen molar-refractivity contribution < 1.29 is 9.53 Å². The Morgan fingerprint density at radius 2 is 2.28 bits per heavy atom. The van der Waals surface area contributed by atoms with Crippen molar-refractivity contribution in [2.24, 2.45) is 0 Å². The maximum absolute atomic E-state index is 12.7. The number of hydrogen-bond acceptors (Lipinski definition) is 3. The van der Waals surface area contributed by atoms with Crippen molar-refractivity contribution in [2.75, 3.05) is 11.9 Å². The number of carbonyl (C=O) groups excluding carboxylic acids is 1. The molecule has 0 aliphatic carbocycles. The summed E-state index contributed by atoms with van der Waals surface area (Å²) in [4.78, 5) is 12.7. The van der Waals surface area contributed by atoms with E-state index in [9.17, 15) is 4.79 Å². The molecule has 0 bridgehead atoms. The molecule has 25 heavy (non-hydrogen) atoms. The van der Waals surface area contributed by atoms with Gasteiger partial charge in [0.1, 0.15) is 5.69 Å². The van der Waals surface area contributed by atoms with Gasteiger partial charge in [-0.15, -0.1) is 0 Å². The SMILES string of the molecule is CCn1c(C(=O)Nc2cnn(C[C@H]3CCCO3)c2)cc2ccccc21. The first kappa shape index (κ1) is 15.9. The van der Waals surface area contributed by atoms with Crippen LogP contribution in [0.1, 0.15) is 30.3 Å². The standard InChI is InChI=1S/C19H22N4O2/c1-2-23-17-8-4-3-6-14(17)10-18(23)19(24)21-15-11-20-22(12-15)13-16-7-5-9-25-16/h3-4,6,8,10-12,16H,2,5,7,9,13H2,1H3,(H,21,24)/t16-/m1/s1. The van der Waals surface area contributed by atoms with Gasteiger partial charge in [0, 0.05) is 30.3 Å². The molecule has 1 N–H and O–H groups in total. The maximum Gasteiger partial charge on any atom is 0.272 e. The molecule has 1 aliphatic rings. The second-order valence-corrected chi connectivity index (χ2v) is 6.37. The molecule has 3 heterocycles. The summed E-state index contributed by atoms with van der Waals surface area (Å²) >= 11 is 0. The van der Waals surface area contributed by atoms with Crippen LogP contribution < -0.4 is 5.32 Å². The van der Waals surface area contributed by atoms with E-state index in [1.807, 2.05) is 52.7 Å². The van der Waals surface area contributed by atoms with Crippen molar-refractivity contribution in [3.8, 4) is 0 Å². The fourth-order valence-corrected chi connectivity index (χ4v) is 3.46. The number of amides is 1. The molecular formula is C19H22N4O2. The average molecular weight is 338 g/mol. The third-order valence-electron chi connectivity index (χ3n) is 4.67. The zero-order chi connectivity index (χ0) is 17.2. The topological polar surface area (TPSA) is 61.1 Å². The van der Waals surface area contributed by atoms with Crippen molar-refractivity contribution in [1.82, 2.24) is 14.3 Å². The molecule has 0 unspecified atom stereocenters. The van der Waals surface area contributed by atoms with Crippen molar-refractivity contribution in [3.63, 3.8) is 0 Å². The first-order valence-electron chi connectivity index (χ1n) is 8.78. The number of aromatic nitrogens is 3. The van der Waals surface area contributed by atoms with Crippen molar-refractivity contribution in [1.29, 1.82) is 0 Å². The smallest absolute Gasteiger partial charge is 0.272 e. The lowest BCUT2D eigenvalue weighted by Gasteiger charge is -2.09. The summed E-state index contributed by atoms with van der Waals surface area (Å²) in [6.07, 6.45) is 5.95. The molecule has 1 saturated heterocycles. The van der Waals surface area contributed by atoms with E-state index in [4.69, 9.17) is 4.74 Å². The number of fused-ring (bicyclic) bond motifs is 1. The summed E-state index contributed by atoms with van der Waals surface area (Å²) in [7, 11) is 0. The van der Waals surface area contributed by atoms with Gasteiger partial charge in [0.05, 0.1) is 24.5 Å². The number of para-hydroxylation sites is 1. The van der Waals surface area contributed by atoms with Gasteiger partial charge in [-0.3, -0.25) is 9.48 Å². The summed E-state index contributed by atoms with van der Waals surface area (Å²) < 4.78 is 9.49. The van der Waals surface area contributed by atoms with Gasteiger partial charge in [-0.05, 0) is 31.9 Å². The van der Waals surface area contributed by atoms with Crippen LogP contribution in [0.25, 0.3) is 10.9 Å². The van der Waals surface area contributed by atoms with E-state index >= 15 is 0 Å². The van der Waals surface area contributed by atoms with Crippen LogP contribution in [0.4, 0.5) is 5.69 Å². The number of ether oxygens (including phenoxy) is 1. The van der Waals surface area contributed by atoms with Crippen LogP contribution in [0, 0.1) is 0 Å². The Kier molecular flexibility index (Phi) is 4.28. The Labute approximate surface area is 146 Å². The van der Waals surface area contributed by atoms with Gasteiger partial charge in [-0.1, -0.05) is 18.2 Å². The van der Waals surface area contributed by atoms with Crippen LogP contribution in [0.15, 0.2) is 42.7 Å². The fraction of sp³-hybridized carbons (Fsp3) is 0.368. The maximum atomic E-state index is 12.7. The van der Waals surface area contributed by atoms with Gasteiger partial charge >= 0.3 is 0 Å². The molecule has 6 heteroatoms. The fourth-order valence-electron chi connectivity index (χ4n) is 3.46. The lowest BCUT2D eigenvalue weighted by atomic mass is 10.2. The third-order valence-corrected chi connectivity index (χ3v) is 4.67. The Hall–Kier alpha value is -2.60. The minimum Gasteiger partial charge on any atom is -0.376 e. The summed E-state index contributed by atoms with van der Waals surface area (Å²) in [5, 5.41) is 8.35. The van der Waals surface area contributed by atoms with Gasteiger partial charge in [0.25, 0.3) is 5.91 Å². The number of nitrogens with one attached hydrogen (secondary N) is 1. The third kappa shape index (κ3) is 3.17. The van der Waals surface area contributed by atoms with Crippen LogP contribution in [-0.2, 0) is 17.8 Å². The van der Waals surface area contributed by atoms with E-state index in [0.29, 0.717) is 11.4 Å². The van der Waals surface area contributed by atoms with E-state index in [2.05, 4.69) is 10.4 Å². The molecule has 1 fully saturated rings. The summed E-state index contributed by atoms with van der Waals surface area (Å²) in [5.74, 6) is -0.116. The lowest BCUT2D eigenvalue weighted by Crippen LogP contribution is -2.17. The van der Waals surface area contributed by atoms with E-state index in [0.717, 1.165) is 43.4 Å². The van der Waals surface area contributed by atoms with Crippen LogP contribution >= 0.6 is 0 Å². The molecule has 3 aromatic rings. The molecule has 0 saturated carbocycles. The molecular weight excluding hydrogens is 316 g/mol. The van der Waals surface area contributed by atoms with Crippen molar-refractivity contribution in [3.05, 3.63) is 48.4 Å². The average Bonchev–Trinajstić information content (AvgIpc) is 3.34. The monoisotopic (exact) mass is 338 g/mol. The molecule has 1 aromatic carbocycles. The zero-order valence-electron chi connectivity index (χ0n) is 14.3. The first-order chi connectivity index (χ1) is 12.2. The highest BCUT2D eigenvalue weighted by molar-refractivity contribution is 6.06. The minimum absolute atomic E-state index is 0.116. The number of hydrogen-bond donors (Lipinski definition) is 1. The quantitative estimate of drug-likeness (QED) is 0.776. The molecule has 1 atom stereocenters. The number of carbonyl (C=O) groups is 1. The Morgan fingerprint density at radius 3 is 3.08 bits per heavy atom. The van der Waals surface area contributed by atoms with Gasteiger partial charge in [0.15, 0.2) is 0 Å². The van der Waals surface area contributed by atoms with E-state index in [1.54, 1.807) is 6.20 Å². The van der Waals surface area contributed by atoms with E-state index in [1.165, 1.54) is 0 Å². The zero-order valence-corrected chi connectivity index (χ0v) is 14.3. The van der Waals surface area contributed by atoms with Gasteiger partial charge in [-0.2, -0.15) is 5.10 Å². The number of aryl methyl sites for hydroxylation is 1. The highest BCUT2D eigenvalue weighted by Crippen LogP contribution is 2.21. The second-order valence-electron chi connectivity index (χ2n) is 6.37.